The summed E-state index contributed by atoms with van der Waals surface area (Å²) in [6, 6.07) is 3.98. The Morgan fingerprint density at radius 2 is 2.27 bits per heavy atom. The average Bonchev–Trinajstić information content (AvgIpc) is 2.05. The number of allylic oxidation sites excluding steroid dienone is 2. The zero-order valence-electron chi connectivity index (χ0n) is 5.92. The molecule has 0 bridgehead atoms. The molecule has 1 aliphatic carbocycles. The minimum atomic E-state index is -1.08. The molecule has 2 atom stereocenters. The maximum absolute atomic E-state index is 8.67. The first-order valence-corrected chi connectivity index (χ1v) is 3.78. The lowest BCUT2D eigenvalue weighted by Gasteiger charge is -2.23. The van der Waals surface area contributed by atoms with Crippen LogP contribution in [0.2, 0.25) is 0 Å². The van der Waals surface area contributed by atoms with E-state index in [-0.39, 0.29) is 5.92 Å². The minimum Gasteiger partial charge on any atom is -0.198 e. The average molecular weight is 167 g/mol. The van der Waals surface area contributed by atoms with E-state index in [0.29, 0.717) is 6.42 Å². The van der Waals surface area contributed by atoms with E-state index in [1.54, 1.807) is 6.08 Å². The van der Waals surface area contributed by atoms with E-state index in [1.807, 2.05) is 18.2 Å². The first-order chi connectivity index (χ1) is 5.23. The molecular weight excluding hydrogens is 160 g/mol. The van der Waals surface area contributed by atoms with Crippen LogP contribution in [0.1, 0.15) is 12.8 Å². The number of rotatable bonds is 0. The lowest BCUT2D eigenvalue weighted by atomic mass is 9.85. The molecule has 0 fully saturated rings. The third-order valence-corrected chi connectivity index (χ3v) is 2.29. The minimum absolute atomic E-state index is 0.362. The van der Waals surface area contributed by atoms with Crippen LogP contribution in [-0.2, 0) is 0 Å². The predicted molar refractivity (Wildman–Crippen MR) is 41.7 cm³/mol. The normalized spacial score (nSPS) is 35.7. The predicted octanol–water partition coefficient (Wildman–Crippen LogP) is 1.98. The van der Waals surface area contributed by atoms with E-state index in [4.69, 9.17) is 22.1 Å². The van der Waals surface area contributed by atoms with Crippen molar-refractivity contribution in [1.29, 1.82) is 10.5 Å². The second-order valence-electron chi connectivity index (χ2n) is 2.54. The number of alkyl halides is 1. The molecule has 0 aromatic heterocycles. The molecule has 11 heavy (non-hydrogen) atoms. The van der Waals surface area contributed by atoms with Crippen molar-refractivity contribution in [1.82, 2.24) is 0 Å². The second-order valence-corrected chi connectivity index (χ2v) is 3.17. The van der Waals surface area contributed by atoms with Crippen molar-refractivity contribution >= 4 is 11.6 Å². The first-order valence-electron chi connectivity index (χ1n) is 3.40. The highest BCUT2D eigenvalue weighted by molar-refractivity contribution is 6.27. The number of nitrogens with zero attached hydrogens (tertiary/aromatic N) is 2. The largest absolute Gasteiger partial charge is 0.198 e. The molecular formula is C8H7ClN2. The van der Waals surface area contributed by atoms with Gasteiger partial charge in [-0.25, -0.2) is 0 Å². The zero-order valence-corrected chi connectivity index (χ0v) is 6.67. The van der Waals surface area contributed by atoms with Gasteiger partial charge in [-0.15, -0.1) is 0 Å². The fourth-order valence-electron chi connectivity index (χ4n) is 1.12. The molecule has 3 heteroatoms. The molecule has 0 N–H and O–H groups in total. The highest BCUT2D eigenvalue weighted by Gasteiger charge is 2.36. The Bertz CT molecular complexity index is 258. The van der Waals surface area contributed by atoms with E-state index in [9.17, 15) is 0 Å². The Morgan fingerprint density at radius 3 is 2.73 bits per heavy atom. The SMILES string of the molecule is N#CC1CCC=CC1(Cl)C#N. The van der Waals surface area contributed by atoms with Gasteiger partial charge >= 0.3 is 0 Å². The zero-order chi connectivity index (χ0) is 8.32. The monoisotopic (exact) mass is 166 g/mol. The third kappa shape index (κ3) is 1.37. The Morgan fingerprint density at radius 1 is 1.55 bits per heavy atom. The summed E-state index contributed by atoms with van der Waals surface area (Å²) in [6.45, 7) is 0. The van der Waals surface area contributed by atoms with Crippen LogP contribution >= 0.6 is 11.6 Å². The Kier molecular flexibility index (Phi) is 2.17. The molecule has 0 aromatic rings. The molecule has 56 valence electrons. The molecule has 0 saturated carbocycles. The molecule has 1 aliphatic rings. The van der Waals surface area contributed by atoms with Gasteiger partial charge in [0.2, 0.25) is 0 Å². The molecule has 0 saturated heterocycles. The molecule has 0 radical (unpaired) electrons. The van der Waals surface area contributed by atoms with Gasteiger partial charge in [0.1, 0.15) is 0 Å². The maximum Gasteiger partial charge on any atom is 0.164 e. The van der Waals surface area contributed by atoms with Crippen LogP contribution in [0.4, 0.5) is 0 Å². The van der Waals surface area contributed by atoms with Crippen LogP contribution in [-0.4, -0.2) is 4.87 Å². The number of hydrogen-bond acceptors (Lipinski definition) is 2. The molecule has 2 nitrogen and oxygen atoms in total. The smallest absolute Gasteiger partial charge is 0.164 e. The third-order valence-electron chi connectivity index (χ3n) is 1.82. The van der Waals surface area contributed by atoms with Crippen LogP contribution in [0.5, 0.6) is 0 Å². The second kappa shape index (κ2) is 2.95. The van der Waals surface area contributed by atoms with Crippen LogP contribution in [0.3, 0.4) is 0 Å². The molecule has 1 rings (SSSR count). The fraction of sp³-hybridized carbons (Fsp3) is 0.500. The topological polar surface area (TPSA) is 47.6 Å². The van der Waals surface area contributed by atoms with Crippen molar-refractivity contribution in [3.63, 3.8) is 0 Å². The van der Waals surface area contributed by atoms with Crippen molar-refractivity contribution in [3.8, 4) is 12.1 Å². The molecule has 2 unspecified atom stereocenters. The van der Waals surface area contributed by atoms with Gasteiger partial charge in [0.15, 0.2) is 4.87 Å². The van der Waals surface area contributed by atoms with Gasteiger partial charge in [-0.2, -0.15) is 10.5 Å². The van der Waals surface area contributed by atoms with E-state index >= 15 is 0 Å². The molecule has 0 spiro atoms. The highest BCUT2D eigenvalue weighted by Crippen LogP contribution is 2.33. The Balaban J connectivity index is 2.93. The number of halogens is 1. The summed E-state index contributed by atoms with van der Waals surface area (Å²) in [4.78, 5) is -1.08. The molecule has 0 aliphatic heterocycles. The van der Waals surface area contributed by atoms with Crippen molar-refractivity contribution in [2.45, 2.75) is 17.7 Å². The summed E-state index contributed by atoms with van der Waals surface area (Å²) in [5, 5.41) is 17.3. The van der Waals surface area contributed by atoms with E-state index in [0.717, 1.165) is 6.42 Å². The summed E-state index contributed by atoms with van der Waals surface area (Å²) in [5.74, 6) is -0.362. The summed E-state index contributed by atoms with van der Waals surface area (Å²) in [6.07, 6.45) is 4.99. The Hall–Kier alpha value is -0.990. The standard InChI is InChI=1S/C8H7ClN2/c9-8(6-11)4-2-1-3-7(8)5-10/h2,4,7H,1,3H2. The highest BCUT2D eigenvalue weighted by atomic mass is 35.5. The van der Waals surface area contributed by atoms with E-state index in [2.05, 4.69) is 0 Å². The van der Waals surface area contributed by atoms with Gasteiger partial charge in [0.25, 0.3) is 0 Å². The van der Waals surface area contributed by atoms with Crippen molar-refractivity contribution in [2.75, 3.05) is 0 Å². The number of nitriles is 2. The summed E-state index contributed by atoms with van der Waals surface area (Å²) >= 11 is 5.86. The van der Waals surface area contributed by atoms with Gasteiger partial charge in [-0.3, -0.25) is 0 Å². The van der Waals surface area contributed by atoms with Gasteiger partial charge in [-0.1, -0.05) is 23.8 Å². The van der Waals surface area contributed by atoms with E-state index < -0.39 is 4.87 Å². The van der Waals surface area contributed by atoms with Crippen LogP contribution in [0.25, 0.3) is 0 Å². The summed E-state index contributed by atoms with van der Waals surface area (Å²) in [7, 11) is 0. The lowest BCUT2D eigenvalue weighted by Crippen LogP contribution is -2.29. The van der Waals surface area contributed by atoms with Crippen LogP contribution in [0.15, 0.2) is 12.2 Å². The molecule has 0 aromatic carbocycles. The lowest BCUT2D eigenvalue weighted by molar-refractivity contribution is 0.541. The fourth-order valence-corrected chi connectivity index (χ4v) is 1.36. The van der Waals surface area contributed by atoms with Gasteiger partial charge < -0.3 is 0 Å². The van der Waals surface area contributed by atoms with Crippen molar-refractivity contribution in [2.24, 2.45) is 5.92 Å². The van der Waals surface area contributed by atoms with Crippen molar-refractivity contribution in [3.05, 3.63) is 12.2 Å². The summed E-state index contributed by atoms with van der Waals surface area (Å²) in [5.41, 5.74) is 0. The van der Waals surface area contributed by atoms with Gasteiger partial charge in [0, 0.05) is 0 Å². The van der Waals surface area contributed by atoms with Gasteiger partial charge in [0.05, 0.1) is 18.1 Å². The summed E-state index contributed by atoms with van der Waals surface area (Å²) < 4.78 is 0. The van der Waals surface area contributed by atoms with Gasteiger partial charge in [-0.05, 0) is 12.8 Å². The Labute approximate surface area is 70.7 Å². The van der Waals surface area contributed by atoms with Crippen LogP contribution in [0, 0.1) is 28.6 Å². The quantitative estimate of drug-likeness (QED) is 0.408. The number of hydrogen-bond donors (Lipinski definition) is 0. The first kappa shape index (κ1) is 8.11. The molecule has 0 amide bonds. The maximum atomic E-state index is 8.67. The van der Waals surface area contributed by atoms with Crippen molar-refractivity contribution < 1.29 is 0 Å². The molecule has 0 heterocycles. The van der Waals surface area contributed by atoms with E-state index in [1.165, 1.54) is 0 Å². The van der Waals surface area contributed by atoms with Crippen LogP contribution < -0.4 is 0 Å².